The van der Waals surface area contributed by atoms with E-state index in [1.807, 2.05) is 37.3 Å². The fourth-order valence-electron chi connectivity index (χ4n) is 2.07. The van der Waals surface area contributed by atoms with Crippen LogP contribution < -0.4 is 0 Å². The van der Waals surface area contributed by atoms with Crippen molar-refractivity contribution in [1.82, 2.24) is 9.97 Å². The fraction of sp³-hybridized carbons (Fsp3) is 0.200. The van der Waals surface area contributed by atoms with Gasteiger partial charge in [0.2, 0.25) is 0 Å². The molecule has 0 aliphatic heterocycles. The van der Waals surface area contributed by atoms with Gasteiger partial charge in [-0.2, -0.15) is 0 Å². The van der Waals surface area contributed by atoms with Gasteiger partial charge in [0.25, 0.3) is 0 Å². The Balaban J connectivity index is 1.84. The van der Waals surface area contributed by atoms with Gasteiger partial charge in [-0.25, -0.2) is 4.98 Å². The number of hydrogen-bond acceptors (Lipinski definition) is 4. The van der Waals surface area contributed by atoms with Crippen LogP contribution in [0, 0.1) is 6.92 Å². The van der Waals surface area contributed by atoms with E-state index in [0.29, 0.717) is 6.42 Å². The van der Waals surface area contributed by atoms with Crippen LogP contribution in [0.25, 0.3) is 10.2 Å². The van der Waals surface area contributed by atoms with E-state index >= 15 is 0 Å². The standard InChI is InChI=1S/C15H14N2OS/c1-10-8-11(6-7-16-10)13(18)9-15-17-12-4-2-3-5-14(12)19-15/h2-8,13,18H,9H2,1H3. The smallest absolute Gasteiger partial charge is 0.0967 e. The molecular weight excluding hydrogens is 256 g/mol. The maximum Gasteiger partial charge on any atom is 0.0967 e. The summed E-state index contributed by atoms with van der Waals surface area (Å²) in [5.74, 6) is 0. The third-order valence-corrected chi connectivity index (χ3v) is 4.07. The van der Waals surface area contributed by atoms with E-state index in [2.05, 4.69) is 16.0 Å². The number of nitrogens with zero attached hydrogens (tertiary/aromatic N) is 2. The van der Waals surface area contributed by atoms with E-state index in [9.17, 15) is 5.11 Å². The van der Waals surface area contributed by atoms with Crippen molar-refractivity contribution in [2.45, 2.75) is 19.4 Å². The predicted octanol–water partition coefficient (Wildman–Crippen LogP) is 3.28. The Bertz CT molecular complexity index is 675. The van der Waals surface area contributed by atoms with Gasteiger partial charge in [0.1, 0.15) is 0 Å². The minimum absolute atomic E-state index is 0.526. The first-order valence-electron chi connectivity index (χ1n) is 6.17. The highest BCUT2D eigenvalue weighted by molar-refractivity contribution is 7.18. The third kappa shape index (κ3) is 2.64. The number of pyridine rings is 1. The van der Waals surface area contributed by atoms with Gasteiger partial charge < -0.3 is 5.11 Å². The molecule has 3 aromatic rings. The maximum absolute atomic E-state index is 10.3. The summed E-state index contributed by atoms with van der Waals surface area (Å²) in [6, 6.07) is 11.8. The number of aliphatic hydroxyl groups is 1. The number of hydrogen-bond donors (Lipinski definition) is 1. The third-order valence-electron chi connectivity index (χ3n) is 3.01. The Morgan fingerprint density at radius 3 is 2.89 bits per heavy atom. The van der Waals surface area contributed by atoms with Crippen molar-refractivity contribution >= 4 is 21.6 Å². The molecule has 19 heavy (non-hydrogen) atoms. The first-order valence-corrected chi connectivity index (χ1v) is 6.99. The molecule has 3 nitrogen and oxygen atoms in total. The zero-order valence-electron chi connectivity index (χ0n) is 10.6. The Hall–Kier alpha value is -1.78. The van der Waals surface area contributed by atoms with Crippen LogP contribution in [-0.4, -0.2) is 15.1 Å². The van der Waals surface area contributed by atoms with Crippen molar-refractivity contribution < 1.29 is 5.11 Å². The molecule has 0 spiro atoms. The SMILES string of the molecule is Cc1cc(C(O)Cc2nc3ccccc3s2)ccn1. The van der Waals surface area contributed by atoms with Crippen molar-refractivity contribution in [2.24, 2.45) is 0 Å². The second kappa shape index (κ2) is 5.07. The number of rotatable bonds is 3. The van der Waals surface area contributed by atoms with Gasteiger partial charge in [0, 0.05) is 18.3 Å². The van der Waals surface area contributed by atoms with Crippen molar-refractivity contribution in [1.29, 1.82) is 0 Å². The molecule has 3 rings (SSSR count). The van der Waals surface area contributed by atoms with Gasteiger partial charge in [-0.3, -0.25) is 4.98 Å². The van der Waals surface area contributed by atoms with Gasteiger partial charge in [0.05, 0.1) is 21.3 Å². The minimum atomic E-state index is -0.526. The molecule has 1 aromatic carbocycles. The van der Waals surface area contributed by atoms with Crippen LogP contribution in [-0.2, 0) is 6.42 Å². The number of para-hydroxylation sites is 1. The summed E-state index contributed by atoms with van der Waals surface area (Å²) >= 11 is 1.64. The molecule has 0 aliphatic rings. The maximum atomic E-state index is 10.3. The average molecular weight is 270 g/mol. The van der Waals surface area contributed by atoms with Crippen LogP contribution in [0.3, 0.4) is 0 Å². The lowest BCUT2D eigenvalue weighted by molar-refractivity contribution is 0.178. The van der Waals surface area contributed by atoms with Crippen LogP contribution in [0.1, 0.15) is 22.4 Å². The minimum Gasteiger partial charge on any atom is -0.388 e. The number of aryl methyl sites for hydroxylation is 1. The molecule has 96 valence electrons. The van der Waals surface area contributed by atoms with Crippen molar-refractivity contribution in [3.63, 3.8) is 0 Å². The molecule has 1 unspecified atom stereocenters. The molecule has 0 saturated carbocycles. The normalized spacial score (nSPS) is 12.7. The second-order valence-corrected chi connectivity index (χ2v) is 5.64. The molecular formula is C15H14N2OS. The second-order valence-electron chi connectivity index (χ2n) is 4.53. The number of thiazole rings is 1. The highest BCUT2D eigenvalue weighted by atomic mass is 32.1. The van der Waals surface area contributed by atoms with Gasteiger partial charge in [-0.1, -0.05) is 12.1 Å². The highest BCUT2D eigenvalue weighted by Gasteiger charge is 2.12. The Morgan fingerprint density at radius 2 is 2.11 bits per heavy atom. The molecule has 1 atom stereocenters. The predicted molar refractivity (Wildman–Crippen MR) is 77.3 cm³/mol. The van der Waals surface area contributed by atoms with Crippen molar-refractivity contribution in [3.05, 3.63) is 58.9 Å². The van der Waals surface area contributed by atoms with Gasteiger partial charge in [-0.15, -0.1) is 11.3 Å². The zero-order chi connectivity index (χ0) is 13.2. The summed E-state index contributed by atoms with van der Waals surface area (Å²) in [5.41, 5.74) is 2.81. The summed E-state index contributed by atoms with van der Waals surface area (Å²) in [7, 11) is 0. The van der Waals surface area contributed by atoms with Crippen LogP contribution in [0.5, 0.6) is 0 Å². The Labute approximate surface area is 115 Å². The molecule has 2 heterocycles. The fourth-order valence-corrected chi connectivity index (χ4v) is 3.07. The first-order chi connectivity index (χ1) is 9.22. The molecule has 0 amide bonds. The van der Waals surface area contributed by atoms with E-state index in [1.54, 1.807) is 17.5 Å². The number of aliphatic hydroxyl groups excluding tert-OH is 1. The molecule has 1 N–H and O–H groups in total. The van der Waals surface area contributed by atoms with Gasteiger partial charge >= 0.3 is 0 Å². The number of fused-ring (bicyclic) bond motifs is 1. The molecule has 0 saturated heterocycles. The lowest BCUT2D eigenvalue weighted by Gasteiger charge is -2.09. The molecule has 0 radical (unpaired) electrons. The van der Waals surface area contributed by atoms with E-state index < -0.39 is 6.10 Å². The summed E-state index contributed by atoms with van der Waals surface area (Å²) in [4.78, 5) is 8.68. The molecule has 0 fully saturated rings. The highest BCUT2D eigenvalue weighted by Crippen LogP contribution is 2.26. The van der Waals surface area contributed by atoms with E-state index in [-0.39, 0.29) is 0 Å². The van der Waals surface area contributed by atoms with Crippen molar-refractivity contribution in [2.75, 3.05) is 0 Å². The number of benzene rings is 1. The largest absolute Gasteiger partial charge is 0.388 e. The lowest BCUT2D eigenvalue weighted by atomic mass is 10.1. The first kappa shape index (κ1) is 12.3. The van der Waals surface area contributed by atoms with Crippen LogP contribution in [0.2, 0.25) is 0 Å². The summed E-state index contributed by atoms with van der Waals surface area (Å²) in [6.45, 7) is 1.92. The lowest BCUT2D eigenvalue weighted by Crippen LogP contribution is -2.02. The van der Waals surface area contributed by atoms with E-state index in [4.69, 9.17) is 0 Å². The Kier molecular flexibility index (Phi) is 3.27. The topological polar surface area (TPSA) is 46.0 Å². The quantitative estimate of drug-likeness (QED) is 0.794. The summed E-state index contributed by atoms with van der Waals surface area (Å²) in [5, 5.41) is 11.2. The number of aromatic nitrogens is 2. The molecule has 2 aromatic heterocycles. The van der Waals surface area contributed by atoms with E-state index in [1.165, 1.54) is 0 Å². The molecule has 4 heteroatoms. The zero-order valence-corrected chi connectivity index (χ0v) is 11.4. The molecule has 0 aliphatic carbocycles. The average Bonchev–Trinajstić information content (AvgIpc) is 2.80. The van der Waals surface area contributed by atoms with Gasteiger partial charge in [0.15, 0.2) is 0 Å². The summed E-state index contributed by atoms with van der Waals surface area (Å²) < 4.78 is 1.16. The van der Waals surface area contributed by atoms with Crippen LogP contribution in [0.4, 0.5) is 0 Å². The van der Waals surface area contributed by atoms with Crippen LogP contribution >= 0.6 is 11.3 Å². The Morgan fingerprint density at radius 1 is 1.26 bits per heavy atom. The summed E-state index contributed by atoms with van der Waals surface area (Å²) in [6.07, 6.45) is 1.75. The van der Waals surface area contributed by atoms with Crippen LogP contribution in [0.15, 0.2) is 42.6 Å². The van der Waals surface area contributed by atoms with Gasteiger partial charge in [-0.05, 0) is 36.8 Å². The van der Waals surface area contributed by atoms with Crippen molar-refractivity contribution in [3.8, 4) is 0 Å². The van der Waals surface area contributed by atoms with E-state index in [0.717, 1.165) is 26.5 Å². The molecule has 0 bridgehead atoms. The monoisotopic (exact) mass is 270 g/mol.